The van der Waals surface area contributed by atoms with E-state index in [0.29, 0.717) is 13.0 Å². The molecule has 1 saturated heterocycles. The number of nitrogens with zero attached hydrogens (tertiary/aromatic N) is 1. The first kappa shape index (κ1) is 15.9. The van der Waals surface area contributed by atoms with Gasteiger partial charge in [0, 0.05) is 12.6 Å². The Balaban J connectivity index is 0.00000180. The van der Waals surface area contributed by atoms with Gasteiger partial charge in [0.15, 0.2) is 0 Å². The fraction of sp³-hybridized carbons (Fsp3) is 0.462. The fourth-order valence-electron chi connectivity index (χ4n) is 2.14. The molecule has 6 heteroatoms. The lowest BCUT2D eigenvalue weighted by atomic mass is 10.1. The van der Waals surface area contributed by atoms with Crippen molar-refractivity contribution in [2.24, 2.45) is 11.8 Å². The van der Waals surface area contributed by atoms with Gasteiger partial charge in [-0.15, -0.1) is 12.4 Å². The lowest BCUT2D eigenvalue weighted by molar-refractivity contribution is -0.149. The zero-order valence-electron chi connectivity index (χ0n) is 10.6. The summed E-state index contributed by atoms with van der Waals surface area (Å²) in [5, 5.41) is 10.6. The minimum atomic E-state index is -0.245. The van der Waals surface area contributed by atoms with Gasteiger partial charge in [0.1, 0.15) is 6.61 Å². The summed E-state index contributed by atoms with van der Waals surface area (Å²) >= 11 is 0. The van der Waals surface area contributed by atoms with E-state index in [1.165, 1.54) is 5.01 Å². The normalized spacial score (nSPS) is 22.8. The van der Waals surface area contributed by atoms with Gasteiger partial charge in [0.05, 0.1) is 12.5 Å². The van der Waals surface area contributed by atoms with Gasteiger partial charge in [-0.25, -0.2) is 5.01 Å². The number of halogens is 1. The van der Waals surface area contributed by atoms with Crippen LogP contribution in [0.5, 0.6) is 0 Å². The fourth-order valence-corrected chi connectivity index (χ4v) is 2.14. The molecule has 1 fully saturated rings. The number of hydrogen-bond acceptors (Lipinski definition) is 5. The molecule has 1 aliphatic heterocycles. The van der Waals surface area contributed by atoms with E-state index in [9.17, 15) is 4.79 Å². The summed E-state index contributed by atoms with van der Waals surface area (Å²) in [6.45, 7) is 0.697. The summed E-state index contributed by atoms with van der Waals surface area (Å²) < 4.78 is 5.25. The van der Waals surface area contributed by atoms with Crippen molar-refractivity contribution >= 4 is 18.4 Å². The molecule has 2 atom stereocenters. The minimum Gasteiger partial charge on any atom is -0.461 e. The van der Waals surface area contributed by atoms with Crippen LogP contribution in [0.4, 0.5) is 0 Å². The topological polar surface area (TPSA) is 75.8 Å². The van der Waals surface area contributed by atoms with Crippen molar-refractivity contribution in [2.45, 2.75) is 19.1 Å². The Hall–Kier alpha value is -1.14. The summed E-state index contributed by atoms with van der Waals surface area (Å²) in [5.74, 6) is 5.21. The van der Waals surface area contributed by atoms with Crippen LogP contribution in [-0.4, -0.2) is 35.3 Å². The van der Waals surface area contributed by atoms with E-state index in [1.54, 1.807) is 0 Å². The van der Waals surface area contributed by atoms with Gasteiger partial charge >= 0.3 is 5.97 Å². The van der Waals surface area contributed by atoms with Crippen LogP contribution in [0.1, 0.15) is 12.0 Å². The first-order valence-corrected chi connectivity index (χ1v) is 6.03. The molecule has 0 aliphatic carbocycles. The summed E-state index contributed by atoms with van der Waals surface area (Å²) in [5.41, 5.74) is 0.965. The van der Waals surface area contributed by atoms with Crippen LogP contribution < -0.4 is 5.84 Å². The first-order chi connectivity index (χ1) is 8.70. The van der Waals surface area contributed by atoms with Gasteiger partial charge in [0.2, 0.25) is 0 Å². The highest BCUT2D eigenvalue weighted by molar-refractivity contribution is 5.85. The Morgan fingerprint density at radius 1 is 1.42 bits per heavy atom. The maximum atomic E-state index is 11.8. The summed E-state index contributed by atoms with van der Waals surface area (Å²) in [4.78, 5) is 11.8. The second kappa shape index (κ2) is 7.45. The zero-order chi connectivity index (χ0) is 13.0. The third kappa shape index (κ3) is 4.18. The van der Waals surface area contributed by atoms with Gasteiger partial charge < -0.3 is 9.84 Å². The molecule has 1 heterocycles. The van der Waals surface area contributed by atoms with Crippen molar-refractivity contribution in [1.29, 1.82) is 0 Å². The molecule has 5 nitrogen and oxygen atoms in total. The van der Waals surface area contributed by atoms with E-state index < -0.39 is 0 Å². The molecule has 2 rings (SSSR count). The largest absolute Gasteiger partial charge is 0.461 e. The second-order valence-corrected chi connectivity index (χ2v) is 4.56. The van der Waals surface area contributed by atoms with E-state index in [4.69, 9.17) is 15.7 Å². The molecule has 0 saturated carbocycles. The number of ether oxygens (including phenoxy) is 1. The summed E-state index contributed by atoms with van der Waals surface area (Å²) in [6, 6.07) is 9.41. The van der Waals surface area contributed by atoms with E-state index in [0.717, 1.165) is 5.56 Å². The smallest absolute Gasteiger partial charge is 0.310 e. The monoisotopic (exact) mass is 286 g/mol. The van der Waals surface area contributed by atoms with Crippen molar-refractivity contribution in [2.75, 3.05) is 13.2 Å². The van der Waals surface area contributed by atoms with Crippen molar-refractivity contribution in [3.05, 3.63) is 35.9 Å². The Labute approximate surface area is 118 Å². The number of aliphatic hydroxyl groups excluding tert-OH is 1. The molecule has 106 valence electrons. The highest BCUT2D eigenvalue weighted by Gasteiger charge is 2.35. The maximum Gasteiger partial charge on any atom is 0.310 e. The number of nitrogens with two attached hydrogens (primary N) is 1. The molecule has 1 aromatic carbocycles. The summed E-state index contributed by atoms with van der Waals surface area (Å²) in [7, 11) is 0. The number of esters is 1. The first-order valence-electron chi connectivity index (χ1n) is 6.03. The molecule has 1 aromatic rings. The molecule has 0 aromatic heterocycles. The molecule has 0 spiro atoms. The molecular weight excluding hydrogens is 268 g/mol. The highest BCUT2D eigenvalue weighted by Crippen LogP contribution is 2.21. The van der Waals surface area contributed by atoms with Crippen LogP contribution in [0, 0.1) is 5.92 Å². The van der Waals surface area contributed by atoms with Crippen LogP contribution in [0.2, 0.25) is 0 Å². The predicted octanol–water partition coefficient (Wildman–Crippen LogP) is 0.708. The Morgan fingerprint density at radius 3 is 2.68 bits per heavy atom. The number of hydrazine groups is 1. The Kier molecular flexibility index (Phi) is 6.24. The summed E-state index contributed by atoms with van der Waals surface area (Å²) in [6.07, 6.45) is 0.556. The van der Waals surface area contributed by atoms with E-state index in [2.05, 4.69) is 0 Å². The van der Waals surface area contributed by atoms with E-state index in [1.807, 2.05) is 30.3 Å². The SMILES string of the molecule is Cl.NN1C[C@@H](C(=O)OCc2ccccc2)C[C@H]1CO. The number of carbonyl (C=O) groups excluding carboxylic acids is 1. The van der Waals surface area contributed by atoms with Gasteiger partial charge in [-0.05, 0) is 12.0 Å². The third-order valence-corrected chi connectivity index (χ3v) is 3.22. The van der Waals surface area contributed by atoms with Crippen molar-refractivity contribution in [3.8, 4) is 0 Å². The van der Waals surface area contributed by atoms with Crippen LogP contribution in [0.25, 0.3) is 0 Å². The number of aliphatic hydroxyl groups is 1. The molecule has 0 unspecified atom stereocenters. The van der Waals surface area contributed by atoms with Gasteiger partial charge in [0.25, 0.3) is 0 Å². The Morgan fingerprint density at radius 2 is 2.11 bits per heavy atom. The van der Waals surface area contributed by atoms with Gasteiger partial charge in [-0.3, -0.25) is 10.6 Å². The highest BCUT2D eigenvalue weighted by atomic mass is 35.5. The number of benzene rings is 1. The molecule has 19 heavy (non-hydrogen) atoms. The molecule has 1 aliphatic rings. The maximum absolute atomic E-state index is 11.8. The van der Waals surface area contributed by atoms with Gasteiger partial charge in [-0.2, -0.15) is 0 Å². The standard InChI is InChI=1S/C13H18N2O3.ClH/c14-15-7-11(6-12(15)8-16)13(17)18-9-10-4-2-1-3-5-10;/h1-5,11-12,16H,6-9,14H2;1H/t11-,12-;/m0./s1. The average Bonchev–Trinajstić information content (AvgIpc) is 2.78. The van der Waals surface area contributed by atoms with Crippen molar-refractivity contribution in [3.63, 3.8) is 0 Å². The lowest BCUT2D eigenvalue weighted by Crippen LogP contribution is -2.38. The quantitative estimate of drug-likeness (QED) is 0.630. The van der Waals surface area contributed by atoms with Crippen LogP contribution in [0.15, 0.2) is 30.3 Å². The Bertz CT molecular complexity index is 402. The molecule has 0 amide bonds. The van der Waals surface area contributed by atoms with Crippen LogP contribution in [-0.2, 0) is 16.1 Å². The second-order valence-electron chi connectivity index (χ2n) is 4.56. The minimum absolute atomic E-state index is 0. The average molecular weight is 287 g/mol. The van der Waals surface area contributed by atoms with E-state index >= 15 is 0 Å². The number of rotatable bonds is 4. The van der Waals surface area contributed by atoms with Crippen molar-refractivity contribution in [1.82, 2.24) is 5.01 Å². The molecule has 3 N–H and O–H groups in total. The van der Waals surface area contributed by atoms with Crippen LogP contribution in [0.3, 0.4) is 0 Å². The third-order valence-electron chi connectivity index (χ3n) is 3.22. The number of hydrogen-bond donors (Lipinski definition) is 2. The van der Waals surface area contributed by atoms with Gasteiger partial charge in [-0.1, -0.05) is 30.3 Å². The lowest BCUT2D eigenvalue weighted by Gasteiger charge is -2.14. The van der Waals surface area contributed by atoms with E-state index in [-0.39, 0.29) is 43.5 Å². The molecular formula is C13H19ClN2O3. The van der Waals surface area contributed by atoms with Crippen LogP contribution >= 0.6 is 12.4 Å². The van der Waals surface area contributed by atoms with Crippen molar-refractivity contribution < 1.29 is 14.6 Å². The number of carbonyl (C=O) groups is 1. The zero-order valence-corrected chi connectivity index (χ0v) is 11.4. The predicted molar refractivity (Wildman–Crippen MR) is 73.4 cm³/mol. The molecule has 0 bridgehead atoms. The molecule has 0 radical (unpaired) electrons.